The molecule has 1 saturated heterocycles. The zero-order chi connectivity index (χ0) is 9.80. The first kappa shape index (κ1) is 9.53. The molecule has 1 radical (unpaired) electrons. The lowest BCUT2D eigenvalue weighted by Gasteiger charge is -2.08. The van der Waals surface area contributed by atoms with Crippen LogP contribution in [0.4, 0.5) is 0 Å². The first-order valence-corrected chi connectivity index (χ1v) is 4.99. The minimum Gasteiger partial charge on any atom is -0.497 e. The van der Waals surface area contributed by atoms with Crippen molar-refractivity contribution in [2.24, 2.45) is 0 Å². The third-order valence-electron chi connectivity index (χ3n) is 2.46. The van der Waals surface area contributed by atoms with Crippen LogP contribution in [0.3, 0.4) is 0 Å². The van der Waals surface area contributed by atoms with E-state index in [2.05, 4.69) is 18.6 Å². The third-order valence-corrected chi connectivity index (χ3v) is 2.46. The van der Waals surface area contributed by atoms with Gasteiger partial charge in [0.25, 0.3) is 0 Å². The van der Waals surface area contributed by atoms with Crippen LogP contribution < -0.4 is 4.74 Å². The fourth-order valence-corrected chi connectivity index (χ4v) is 1.66. The fourth-order valence-electron chi connectivity index (χ4n) is 1.66. The summed E-state index contributed by atoms with van der Waals surface area (Å²) in [5.41, 5.74) is 1.21. The van der Waals surface area contributed by atoms with Gasteiger partial charge in [0.2, 0.25) is 0 Å². The Bertz CT molecular complexity index is 273. The van der Waals surface area contributed by atoms with E-state index in [9.17, 15) is 0 Å². The van der Waals surface area contributed by atoms with Gasteiger partial charge in [0.1, 0.15) is 5.75 Å². The van der Waals surface area contributed by atoms with E-state index >= 15 is 0 Å². The van der Waals surface area contributed by atoms with Crippen LogP contribution in [0.1, 0.15) is 18.4 Å². The molecule has 0 spiro atoms. The van der Waals surface area contributed by atoms with Gasteiger partial charge in [-0.05, 0) is 30.5 Å². The summed E-state index contributed by atoms with van der Waals surface area (Å²) in [7, 11) is 1.68. The number of hydrogen-bond donors (Lipinski definition) is 0. The second kappa shape index (κ2) is 4.47. The van der Waals surface area contributed by atoms with Gasteiger partial charge >= 0.3 is 0 Å². The summed E-state index contributed by atoms with van der Waals surface area (Å²) < 4.78 is 10.6. The highest BCUT2D eigenvalue weighted by molar-refractivity contribution is 5.32. The van der Waals surface area contributed by atoms with Gasteiger partial charge in [-0.2, -0.15) is 0 Å². The van der Waals surface area contributed by atoms with Crippen LogP contribution in [0.5, 0.6) is 5.75 Å². The van der Waals surface area contributed by atoms with Crippen molar-refractivity contribution >= 4 is 0 Å². The predicted octanol–water partition coefficient (Wildman–Crippen LogP) is 2.43. The lowest BCUT2D eigenvalue weighted by atomic mass is 10.1. The lowest BCUT2D eigenvalue weighted by Crippen LogP contribution is -2.05. The molecule has 0 aromatic heterocycles. The molecule has 2 rings (SSSR count). The van der Waals surface area contributed by atoms with E-state index in [4.69, 9.17) is 9.47 Å². The largest absolute Gasteiger partial charge is 0.497 e. The molecule has 0 bridgehead atoms. The third kappa shape index (κ3) is 2.26. The average Bonchev–Trinajstić information content (AvgIpc) is 2.72. The molecule has 1 aliphatic heterocycles. The van der Waals surface area contributed by atoms with Crippen molar-refractivity contribution in [2.45, 2.75) is 18.9 Å². The molecule has 0 aliphatic carbocycles. The Morgan fingerprint density at radius 2 is 2.14 bits per heavy atom. The smallest absolute Gasteiger partial charge is 0.118 e. The molecule has 0 saturated carbocycles. The monoisotopic (exact) mass is 191 g/mol. The minimum absolute atomic E-state index is 0.309. The van der Waals surface area contributed by atoms with Crippen molar-refractivity contribution in [1.29, 1.82) is 0 Å². The molecule has 1 fully saturated rings. The molecule has 1 heterocycles. The number of methoxy groups -OCH3 is 1. The molecule has 2 nitrogen and oxygen atoms in total. The topological polar surface area (TPSA) is 18.5 Å². The summed E-state index contributed by atoms with van der Waals surface area (Å²) in [5.74, 6) is 0.898. The number of hydrogen-bond acceptors (Lipinski definition) is 2. The van der Waals surface area contributed by atoms with Gasteiger partial charge in [-0.15, -0.1) is 0 Å². The Labute approximate surface area is 84.8 Å². The molecule has 1 aliphatic rings. The van der Waals surface area contributed by atoms with Crippen LogP contribution in [-0.2, 0) is 4.74 Å². The van der Waals surface area contributed by atoms with Crippen molar-refractivity contribution < 1.29 is 9.47 Å². The first-order valence-electron chi connectivity index (χ1n) is 4.99. The summed E-state index contributed by atoms with van der Waals surface area (Å²) in [6.07, 6.45) is 4.80. The van der Waals surface area contributed by atoms with E-state index in [1.54, 1.807) is 7.11 Å². The van der Waals surface area contributed by atoms with Crippen LogP contribution >= 0.6 is 0 Å². The summed E-state index contributed by atoms with van der Waals surface area (Å²) in [6, 6.07) is 8.06. The van der Waals surface area contributed by atoms with Gasteiger partial charge in [0.15, 0.2) is 0 Å². The minimum atomic E-state index is 0.309. The van der Waals surface area contributed by atoms with Crippen LogP contribution in [0, 0.1) is 6.42 Å². The predicted molar refractivity (Wildman–Crippen MR) is 55.4 cm³/mol. The maximum atomic E-state index is 5.53. The maximum Gasteiger partial charge on any atom is 0.118 e. The highest BCUT2D eigenvalue weighted by atomic mass is 16.5. The van der Waals surface area contributed by atoms with Gasteiger partial charge in [-0.25, -0.2) is 0 Å². The second-order valence-electron chi connectivity index (χ2n) is 3.49. The second-order valence-corrected chi connectivity index (χ2v) is 3.49. The van der Waals surface area contributed by atoms with Crippen LogP contribution in [0.25, 0.3) is 0 Å². The van der Waals surface area contributed by atoms with Gasteiger partial charge in [-0.3, -0.25) is 0 Å². The van der Waals surface area contributed by atoms with Gasteiger partial charge in [0.05, 0.1) is 13.2 Å². The average molecular weight is 191 g/mol. The van der Waals surface area contributed by atoms with Crippen molar-refractivity contribution in [3.05, 3.63) is 36.2 Å². The molecule has 2 heteroatoms. The van der Waals surface area contributed by atoms with Crippen LogP contribution in [-0.4, -0.2) is 19.8 Å². The van der Waals surface area contributed by atoms with E-state index < -0.39 is 0 Å². The van der Waals surface area contributed by atoms with E-state index in [-0.39, 0.29) is 0 Å². The molecule has 0 N–H and O–H groups in total. The highest BCUT2D eigenvalue weighted by Gasteiger charge is 2.15. The van der Waals surface area contributed by atoms with Crippen LogP contribution in [0.15, 0.2) is 24.3 Å². The zero-order valence-corrected chi connectivity index (χ0v) is 8.40. The molecule has 1 aromatic rings. The van der Waals surface area contributed by atoms with Crippen molar-refractivity contribution in [1.82, 2.24) is 0 Å². The van der Waals surface area contributed by atoms with Gasteiger partial charge in [-0.1, -0.05) is 12.1 Å². The van der Waals surface area contributed by atoms with E-state index in [1.165, 1.54) is 12.0 Å². The molecule has 1 atom stereocenters. The standard InChI is InChI=1S/C12H15O2/c1-13-11-6-4-10(5-7-11)9-12-3-2-8-14-12/h4-7,9,12H,2-3,8H2,1H3. The quantitative estimate of drug-likeness (QED) is 0.730. The van der Waals surface area contributed by atoms with Crippen LogP contribution in [0.2, 0.25) is 0 Å². The Hall–Kier alpha value is -1.02. The van der Waals surface area contributed by atoms with E-state index in [0.29, 0.717) is 6.10 Å². The summed E-state index contributed by atoms with van der Waals surface area (Å²) in [4.78, 5) is 0. The van der Waals surface area contributed by atoms with Gasteiger partial charge < -0.3 is 9.47 Å². The first-order chi connectivity index (χ1) is 6.88. The van der Waals surface area contributed by atoms with E-state index in [0.717, 1.165) is 18.8 Å². The van der Waals surface area contributed by atoms with Crippen molar-refractivity contribution in [2.75, 3.05) is 13.7 Å². The fraction of sp³-hybridized carbons (Fsp3) is 0.417. The van der Waals surface area contributed by atoms with Gasteiger partial charge in [0, 0.05) is 13.0 Å². The van der Waals surface area contributed by atoms with Crippen molar-refractivity contribution in [3.63, 3.8) is 0 Å². The van der Waals surface area contributed by atoms with E-state index in [1.807, 2.05) is 12.1 Å². The normalized spacial score (nSPS) is 21.1. The Morgan fingerprint density at radius 3 is 2.71 bits per heavy atom. The molecule has 75 valence electrons. The SMILES string of the molecule is COc1ccc([CH]C2CCCO2)cc1. The summed E-state index contributed by atoms with van der Waals surface area (Å²) in [6.45, 7) is 0.900. The molecule has 14 heavy (non-hydrogen) atoms. The molecule has 1 unspecified atom stereocenters. The number of ether oxygens (including phenoxy) is 2. The molecule has 1 aromatic carbocycles. The lowest BCUT2D eigenvalue weighted by molar-refractivity contribution is 0.136. The maximum absolute atomic E-state index is 5.53. The molecule has 0 amide bonds. The summed E-state index contributed by atoms with van der Waals surface area (Å²) in [5, 5.41) is 0. The van der Waals surface area contributed by atoms with Crippen molar-refractivity contribution in [3.8, 4) is 5.75 Å². The number of benzene rings is 1. The molecular weight excluding hydrogens is 176 g/mol. The molecular formula is C12H15O2. The summed E-state index contributed by atoms with van der Waals surface area (Å²) >= 11 is 0. The number of rotatable bonds is 3. The Kier molecular flexibility index (Phi) is 3.04. The Balaban J connectivity index is 1.95. The highest BCUT2D eigenvalue weighted by Crippen LogP contribution is 2.20. The Morgan fingerprint density at radius 1 is 1.36 bits per heavy atom. The zero-order valence-electron chi connectivity index (χ0n) is 8.40.